The third kappa shape index (κ3) is 2.97. The van der Waals surface area contributed by atoms with Gasteiger partial charge in [0.05, 0.1) is 24.7 Å². The Balaban J connectivity index is 1.44. The van der Waals surface area contributed by atoms with Gasteiger partial charge in [-0.2, -0.15) is 0 Å². The molecule has 8 nitrogen and oxygen atoms in total. The van der Waals surface area contributed by atoms with Gasteiger partial charge in [0, 0.05) is 0 Å². The van der Waals surface area contributed by atoms with Crippen molar-refractivity contribution in [2.75, 3.05) is 5.32 Å². The minimum absolute atomic E-state index is 0.0769. The van der Waals surface area contributed by atoms with E-state index < -0.39 is 35.9 Å². The molecule has 134 valence electrons. The first kappa shape index (κ1) is 16.4. The monoisotopic (exact) mass is 358 g/mol. The number of benzene rings is 1. The number of aliphatic carboxylic acids is 1. The SMILES string of the molecule is O=C(O)[C@@H]1[C@@H](C(=O)Nc2ncn(Cc3ccc(F)cc3)n2)[C@H]2C=C[C@@H]1O2. The highest BCUT2D eigenvalue weighted by Crippen LogP contribution is 2.39. The van der Waals surface area contributed by atoms with Gasteiger partial charge in [0.1, 0.15) is 18.1 Å². The number of anilines is 1. The predicted octanol–water partition coefficient (Wildman–Crippen LogP) is 1.06. The molecule has 0 aliphatic carbocycles. The number of carboxylic acid groups (broad SMARTS) is 1. The van der Waals surface area contributed by atoms with E-state index in [2.05, 4.69) is 15.4 Å². The fourth-order valence-corrected chi connectivity index (χ4v) is 3.31. The van der Waals surface area contributed by atoms with Crippen LogP contribution in [-0.4, -0.2) is 44.0 Å². The van der Waals surface area contributed by atoms with Gasteiger partial charge in [-0.25, -0.2) is 14.1 Å². The predicted molar refractivity (Wildman–Crippen MR) is 86.6 cm³/mol. The smallest absolute Gasteiger partial charge is 0.310 e. The summed E-state index contributed by atoms with van der Waals surface area (Å²) in [6.45, 7) is 0.362. The lowest BCUT2D eigenvalue weighted by Crippen LogP contribution is -2.39. The quantitative estimate of drug-likeness (QED) is 0.774. The summed E-state index contributed by atoms with van der Waals surface area (Å²) in [5, 5.41) is 16.0. The Labute approximate surface area is 147 Å². The summed E-state index contributed by atoms with van der Waals surface area (Å²) in [5.41, 5.74) is 0.826. The number of carbonyl (C=O) groups is 2. The Bertz CT molecular complexity index is 879. The lowest BCUT2D eigenvalue weighted by molar-refractivity contribution is -0.145. The van der Waals surface area contributed by atoms with Gasteiger partial charge in [-0.1, -0.05) is 24.3 Å². The number of rotatable bonds is 5. The van der Waals surface area contributed by atoms with Crippen molar-refractivity contribution in [1.29, 1.82) is 0 Å². The Kier molecular flexibility index (Phi) is 4.00. The number of ether oxygens (including phenoxy) is 1. The third-order valence-corrected chi connectivity index (χ3v) is 4.52. The Morgan fingerprint density at radius 2 is 1.88 bits per heavy atom. The second-order valence-corrected chi connectivity index (χ2v) is 6.22. The zero-order chi connectivity index (χ0) is 18.3. The molecule has 3 heterocycles. The van der Waals surface area contributed by atoms with Crippen LogP contribution in [0, 0.1) is 17.7 Å². The molecule has 4 atom stereocenters. The first-order valence-electron chi connectivity index (χ1n) is 8.02. The molecule has 1 aromatic heterocycles. The zero-order valence-electron chi connectivity index (χ0n) is 13.4. The summed E-state index contributed by atoms with van der Waals surface area (Å²) < 4.78 is 19.9. The molecule has 0 unspecified atom stereocenters. The molecule has 1 saturated heterocycles. The Morgan fingerprint density at radius 3 is 2.58 bits per heavy atom. The van der Waals surface area contributed by atoms with Gasteiger partial charge < -0.3 is 9.84 Å². The number of nitrogens with one attached hydrogen (secondary N) is 1. The molecule has 2 aliphatic rings. The standard InChI is InChI=1S/C17H15FN4O4/c18-10-3-1-9(2-4-10)7-22-8-19-17(21-22)20-15(23)13-11-5-6-12(26-11)14(13)16(24)25/h1-6,8,11-14H,7H2,(H,24,25)(H,20,21,23)/t11-,12+,13+,14+/m1/s1. The fraction of sp³-hybridized carbons (Fsp3) is 0.294. The minimum atomic E-state index is -1.07. The fourth-order valence-electron chi connectivity index (χ4n) is 3.31. The van der Waals surface area contributed by atoms with Crippen molar-refractivity contribution in [3.63, 3.8) is 0 Å². The van der Waals surface area contributed by atoms with Gasteiger partial charge in [0.2, 0.25) is 11.9 Å². The minimum Gasteiger partial charge on any atom is -0.481 e. The lowest BCUT2D eigenvalue weighted by Gasteiger charge is -2.19. The van der Waals surface area contributed by atoms with E-state index in [1.807, 2.05) is 0 Å². The zero-order valence-corrected chi connectivity index (χ0v) is 13.4. The third-order valence-electron chi connectivity index (χ3n) is 4.52. The van der Waals surface area contributed by atoms with E-state index in [9.17, 15) is 19.1 Å². The van der Waals surface area contributed by atoms with Crippen molar-refractivity contribution in [1.82, 2.24) is 14.8 Å². The number of hydrogen-bond acceptors (Lipinski definition) is 5. The van der Waals surface area contributed by atoms with Crippen molar-refractivity contribution in [3.05, 3.63) is 54.1 Å². The van der Waals surface area contributed by atoms with Crippen LogP contribution in [0.3, 0.4) is 0 Å². The number of aromatic nitrogens is 3. The van der Waals surface area contributed by atoms with Gasteiger partial charge >= 0.3 is 5.97 Å². The molecule has 2 N–H and O–H groups in total. The highest BCUT2D eigenvalue weighted by Gasteiger charge is 2.53. The maximum atomic E-state index is 12.9. The average molecular weight is 358 g/mol. The topological polar surface area (TPSA) is 106 Å². The number of hydrogen-bond donors (Lipinski definition) is 2. The number of carbonyl (C=O) groups excluding carboxylic acids is 1. The Morgan fingerprint density at radius 1 is 1.19 bits per heavy atom. The lowest BCUT2D eigenvalue weighted by atomic mass is 9.82. The molecule has 1 fully saturated rings. The number of amides is 1. The molecule has 1 amide bonds. The molecule has 1 aromatic carbocycles. The summed E-state index contributed by atoms with van der Waals surface area (Å²) in [7, 11) is 0. The average Bonchev–Trinajstić information content (AvgIpc) is 3.32. The van der Waals surface area contributed by atoms with Crippen molar-refractivity contribution >= 4 is 17.8 Å². The summed E-state index contributed by atoms with van der Waals surface area (Å²) in [5.74, 6) is -3.56. The van der Waals surface area contributed by atoms with E-state index >= 15 is 0 Å². The van der Waals surface area contributed by atoms with Gasteiger partial charge in [-0.3, -0.25) is 14.9 Å². The molecule has 2 bridgehead atoms. The molecule has 0 radical (unpaired) electrons. The van der Waals surface area contributed by atoms with Crippen molar-refractivity contribution < 1.29 is 23.8 Å². The first-order chi connectivity index (χ1) is 12.5. The van der Waals surface area contributed by atoms with Crippen LogP contribution in [-0.2, 0) is 20.9 Å². The number of halogens is 1. The van der Waals surface area contributed by atoms with Crippen LogP contribution in [0.15, 0.2) is 42.7 Å². The van der Waals surface area contributed by atoms with E-state index in [-0.39, 0.29) is 11.8 Å². The maximum absolute atomic E-state index is 12.9. The molecule has 4 rings (SSSR count). The molecule has 9 heteroatoms. The molecular weight excluding hydrogens is 343 g/mol. The van der Waals surface area contributed by atoms with Gasteiger partial charge in [-0.05, 0) is 17.7 Å². The highest BCUT2D eigenvalue weighted by atomic mass is 19.1. The molecule has 2 aromatic rings. The van der Waals surface area contributed by atoms with Crippen LogP contribution in [0.1, 0.15) is 5.56 Å². The van der Waals surface area contributed by atoms with Crippen LogP contribution in [0.25, 0.3) is 0 Å². The van der Waals surface area contributed by atoms with Crippen LogP contribution in [0.4, 0.5) is 10.3 Å². The van der Waals surface area contributed by atoms with Gasteiger partial charge in [0.25, 0.3) is 0 Å². The molecule has 0 spiro atoms. The van der Waals surface area contributed by atoms with Crippen LogP contribution >= 0.6 is 0 Å². The van der Waals surface area contributed by atoms with Crippen LogP contribution in [0.5, 0.6) is 0 Å². The van der Waals surface area contributed by atoms with E-state index in [0.717, 1.165) is 5.56 Å². The largest absolute Gasteiger partial charge is 0.481 e. The number of carboxylic acids is 1. The highest BCUT2D eigenvalue weighted by molar-refractivity contribution is 5.95. The van der Waals surface area contributed by atoms with E-state index in [4.69, 9.17) is 4.74 Å². The summed E-state index contributed by atoms with van der Waals surface area (Å²) in [6, 6.07) is 5.96. The van der Waals surface area contributed by atoms with Crippen molar-refractivity contribution in [3.8, 4) is 0 Å². The number of nitrogens with zero attached hydrogens (tertiary/aromatic N) is 3. The summed E-state index contributed by atoms with van der Waals surface area (Å²) in [6.07, 6.45) is 3.67. The van der Waals surface area contributed by atoms with Gasteiger partial charge in [0.15, 0.2) is 0 Å². The molecule has 26 heavy (non-hydrogen) atoms. The van der Waals surface area contributed by atoms with Gasteiger partial charge in [-0.15, -0.1) is 5.10 Å². The van der Waals surface area contributed by atoms with Crippen molar-refractivity contribution in [2.24, 2.45) is 11.8 Å². The van der Waals surface area contributed by atoms with Crippen LogP contribution < -0.4 is 5.32 Å². The summed E-state index contributed by atoms with van der Waals surface area (Å²) >= 11 is 0. The second-order valence-electron chi connectivity index (χ2n) is 6.22. The van der Waals surface area contributed by atoms with Crippen LogP contribution in [0.2, 0.25) is 0 Å². The molecular formula is C17H15FN4O4. The summed E-state index contributed by atoms with van der Waals surface area (Å²) in [4.78, 5) is 28.0. The maximum Gasteiger partial charge on any atom is 0.310 e. The Hall–Kier alpha value is -3.07. The number of fused-ring (bicyclic) bond motifs is 2. The van der Waals surface area contributed by atoms with E-state index in [1.54, 1.807) is 24.3 Å². The normalized spacial score (nSPS) is 26.2. The van der Waals surface area contributed by atoms with Crippen molar-refractivity contribution in [2.45, 2.75) is 18.8 Å². The second kappa shape index (κ2) is 6.34. The van der Waals surface area contributed by atoms with E-state index in [1.165, 1.54) is 23.1 Å². The molecule has 2 aliphatic heterocycles. The molecule has 0 saturated carbocycles. The van der Waals surface area contributed by atoms with E-state index in [0.29, 0.717) is 6.54 Å². The first-order valence-corrected chi connectivity index (χ1v) is 8.02.